The number of nitrogens with zero attached hydrogens (tertiary/aromatic N) is 3. The van der Waals surface area contributed by atoms with Crippen molar-refractivity contribution in [1.82, 2.24) is 14.5 Å². The number of hydrogen-bond donors (Lipinski definition) is 1. The zero-order valence-corrected chi connectivity index (χ0v) is 13.9. The molecule has 0 bridgehead atoms. The Kier molecular flexibility index (Phi) is 3.74. The highest BCUT2D eigenvalue weighted by atomic mass is 32.2. The van der Waals surface area contributed by atoms with Gasteiger partial charge in [0.05, 0.1) is 16.6 Å². The lowest BCUT2D eigenvalue weighted by Crippen LogP contribution is -2.43. The van der Waals surface area contributed by atoms with E-state index in [2.05, 4.69) is 15.3 Å². The first-order chi connectivity index (χ1) is 11.7. The molecule has 24 heavy (non-hydrogen) atoms. The Morgan fingerprint density at radius 1 is 0.958 bits per heavy atom. The zero-order valence-electron chi connectivity index (χ0n) is 13.1. The Bertz CT molecular complexity index is 961. The molecule has 6 nitrogen and oxygen atoms in total. The summed E-state index contributed by atoms with van der Waals surface area (Å²) < 4.78 is 26.9. The second-order valence-electron chi connectivity index (χ2n) is 5.75. The summed E-state index contributed by atoms with van der Waals surface area (Å²) >= 11 is 0. The average molecular weight is 342 g/mol. The number of hydrogen-bond acceptors (Lipinski definition) is 5. The Balaban J connectivity index is 1.84. The summed E-state index contributed by atoms with van der Waals surface area (Å²) in [4.78, 5) is 2.50. The summed E-state index contributed by atoms with van der Waals surface area (Å²) in [6.07, 6.45) is 1.65. The summed E-state index contributed by atoms with van der Waals surface area (Å²) in [5, 5.41) is 8.37. The maximum atomic E-state index is 12.9. The van der Waals surface area contributed by atoms with E-state index in [4.69, 9.17) is 0 Å². The zero-order chi connectivity index (χ0) is 16.6. The Labute approximate surface area is 140 Å². The molecular weight excluding hydrogens is 324 g/mol. The molecule has 1 aromatic heterocycles. The van der Waals surface area contributed by atoms with Gasteiger partial charge in [0.15, 0.2) is 0 Å². The number of aromatic nitrogens is 2. The lowest BCUT2D eigenvalue weighted by atomic mass is 10.2. The lowest BCUT2D eigenvalue weighted by molar-refractivity contribution is 0.582. The van der Waals surface area contributed by atoms with Gasteiger partial charge in [0, 0.05) is 37.3 Å². The molecule has 0 spiro atoms. The molecule has 3 aromatic rings. The maximum absolute atomic E-state index is 12.9. The third kappa shape index (κ3) is 2.46. The minimum atomic E-state index is -3.70. The normalized spacial score (nSPS) is 15.8. The van der Waals surface area contributed by atoms with Gasteiger partial charge in [0.25, 0.3) is 10.0 Å². The maximum Gasteiger partial charge on any atom is 0.283 e. The molecule has 0 amide bonds. The van der Waals surface area contributed by atoms with Gasteiger partial charge in [-0.05, 0) is 24.3 Å². The van der Waals surface area contributed by atoms with Crippen LogP contribution in [0.2, 0.25) is 0 Å². The van der Waals surface area contributed by atoms with Crippen LogP contribution in [-0.2, 0) is 10.0 Å². The fourth-order valence-corrected chi connectivity index (χ4v) is 4.37. The molecule has 0 atom stereocenters. The summed E-state index contributed by atoms with van der Waals surface area (Å²) in [5.41, 5.74) is 1.64. The van der Waals surface area contributed by atoms with Crippen molar-refractivity contribution in [3.8, 4) is 0 Å². The van der Waals surface area contributed by atoms with Gasteiger partial charge in [-0.2, -0.15) is 17.6 Å². The van der Waals surface area contributed by atoms with Crippen LogP contribution in [0, 0.1) is 0 Å². The minimum Gasteiger partial charge on any atom is -0.368 e. The number of benzene rings is 2. The summed E-state index contributed by atoms with van der Waals surface area (Å²) in [5.74, 6) is 0. The topological polar surface area (TPSA) is 67.2 Å². The van der Waals surface area contributed by atoms with Gasteiger partial charge >= 0.3 is 0 Å². The van der Waals surface area contributed by atoms with Crippen LogP contribution in [0.25, 0.3) is 10.9 Å². The molecule has 124 valence electrons. The molecule has 0 radical (unpaired) electrons. The second kappa shape index (κ2) is 5.92. The smallest absolute Gasteiger partial charge is 0.283 e. The number of anilines is 1. The van der Waals surface area contributed by atoms with Crippen LogP contribution in [0.15, 0.2) is 59.6 Å². The van der Waals surface area contributed by atoms with Crippen LogP contribution >= 0.6 is 0 Å². The SMILES string of the molecule is O=S(=O)(c1ccccc1)n1ncc2c(N3CCNCC3)cccc21. The Hall–Kier alpha value is -2.38. The van der Waals surface area contributed by atoms with Gasteiger partial charge < -0.3 is 10.2 Å². The first-order valence-corrected chi connectivity index (χ1v) is 9.35. The van der Waals surface area contributed by atoms with Crippen LogP contribution < -0.4 is 10.2 Å². The van der Waals surface area contributed by atoms with Gasteiger partial charge in [-0.1, -0.05) is 24.3 Å². The monoisotopic (exact) mass is 342 g/mol. The van der Waals surface area contributed by atoms with E-state index < -0.39 is 10.0 Å². The number of fused-ring (bicyclic) bond motifs is 1. The van der Waals surface area contributed by atoms with E-state index in [1.54, 1.807) is 42.6 Å². The van der Waals surface area contributed by atoms with Crippen molar-refractivity contribution in [2.45, 2.75) is 4.90 Å². The first-order valence-electron chi connectivity index (χ1n) is 7.91. The van der Waals surface area contributed by atoms with Crippen molar-refractivity contribution in [3.05, 3.63) is 54.7 Å². The first kappa shape index (κ1) is 15.2. The van der Waals surface area contributed by atoms with E-state index in [-0.39, 0.29) is 4.90 Å². The molecule has 1 saturated heterocycles. The van der Waals surface area contributed by atoms with Gasteiger partial charge in [0.2, 0.25) is 0 Å². The molecule has 0 saturated carbocycles. The van der Waals surface area contributed by atoms with Gasteiger partial charge in [-0.25, -0.2) is 0 Å². The fraction of sp³-hybridized carbons (Fsp3) is 0.235. The molecule has 0 aliphatic carbocycles. The van der Waals surface area contributed by atoms with Gasteiger partial charge in [0.1, 0.15) is 0 Å². The molecule has 1 fully saturated rings. The van der Waals surface area contributed by atoms with Crippen LogP contribution in [0.1, 0.15) is 0 Å². The van der Waals surface area contributed by atoms with Crippen LogP contribution in [0.5, 0.6) is 0 Å². The highest BCUT2D eigenvalue weighted by Gasteiger charge is 2.22. The Morgan fingerprint density at radius 3 is 2.46 bits per heavy atom. The third-order valence-corrected chi connectivity index (χ3v) is 5.90. The molecule has 1 aliphatic heterocycles. The van der Waals surface area contributed by atoms with E-state index in [0.29, 0.717) is 5.52 Å². The number of rotatable bonds is 3. The molecule has 1 N–H and O–H groups in total. The van der Waals surface area contributed by atoms with E-state index in [0.717, 1.165) is 41.3 Å². The van der Waals surface area contributed by atoms with Crippen molar-refractivity contribution in [1.29, 1.82) is 0 Å². The summed E-state index contributed by atoms with van der Waals surface area (Å²) in [6, 6.07) is 14.1. The van der Waals surface area contributed by atoms with Gasteiger partial charge in [-0.3, -0.25) is 0 Å². The Morgan fingerprint density at radius 2 is 1.71 bits per heavy atom. The molecule has 2 aromatic carbocycles. The number of nitrogens with one attached hydrogen (secondary N) is 1. The van der Waals surface area contributed by atoms with Gasteiger partial charge in [-0.15, -0.1) is 0 Å². The lowest BCUT2D eigenvalue weighted by Gasteiger charge is -2.29. The predicted octanol–water partition coefficient (Wildman–Crippen LogP) is 1.68. The quantitative estimate of drug-likeness (QED) is 0.784. The molecule has 1 aliphatic rings. The number of piperazine rings is 1. The van der Waals surface area contributed by atoms with Crippen molar-refractivity contribution in [2.24, 2.45) is 0 Å². The minimum absolute atomic E-state index is 0.238. The fourth-order valence-electron chi connectivity index (χ4n) is 3.08. The highest BCUT2D eigenvalue weighted by Crippen LogP contribution is 2.29. The molecule has 0 unspecified atom stereocenters. The second-order valence-corrected chi connectivity index (χ2v) is 7.52. The van der Waals surface area contributed by atoms with Crippen LogP contribution in [-0.4, -0.2) is 43.8 Å². The largest absolute Gasteiger partial charge is 0.368 e. The average Bonchev–Trinajstić information content (AvgIpc) is 3.08. The highest BCUT2D eigenvalue weighted by molar-refractivity contribution is 7.90. The molecule has 4 rings (SSSR count). The van der Waals surface area contributed by atoms with Crippen molar-refractivity contribution < 1.29 is 8.42 Å². The predicted molar refractivity (Wildman–Crippen MR) is 93.8 cm³/mol. The van der Waals surface area contributed by atoms with E-state index in [1.807, 2.05) is 12.1 Å². The van der Waals surface area contributed by atoms with Crippen molar-refractivity contribution in [2.75, 3.05) is 31.1 Å². The van der Waals surface area contributed by atoms with E-state index in [9.17, 15) is 8.42 Å². The van der Waals surface area contributed by atoms with Crippen molar-refractivity contribution >= 4 is 26.6 Å². The standard InChI is InChI=1S/C17H18N4O2S/c22-24(23,14-5-2-1-3-6-14)21-17-8-4-7-16(15(17)13-19-21)20-11-9-18-10-12-20/h1-8,13,18H,9-12H2. The van der Waals surface area contributed by atoms with E-state index in [1.165, 1.54) is 0 Å². The molecular formula is C17H18N4O2S. The molecule has 2 heterocycles. The van der Waals surface area contributed by atoms with Crippen molar-refractivity contribution in [3.63, 3.8) is 0 Å². The van der Waals surface area contributed by atoms with Crippen LogP contribution in [0.3, 0.4) is 0 Å². The molecule has 7 heteroatoms. The summed E-state index contributed by atoms with van der Waals surface area (Å²) in [7, 11) is -3.70. The summed E-state index contributed by atoms with van der Waals surface area (Å²) in [6.45, 7) is 3.64. The third-order valence-electron chi connectivity index (χ3n) is 4.28. The van der Waals surface area contributed by atoms with E-state index >= 15 is 0 Å². The van der Waals surface area contributed by atoms with Crippen LogP contribution in [0.4, 0.5) is 5.69 Å².